The molecule has 0 saturated carbocycles. The summed E-state index contributed by atoms with van der Waals surface area (Å²) < 4.78 is 6.81. The molecular formula is C12H18BrNO. The number of nitrogens with one attached hydrogen (secondary N) is 1. The number of unbranched alkanes of at least 4 members (excludes halogenated alkanes) is 1. The van der Waals surface area contributed by atoms with Crippen LogP contribution in [0.15, 0.2) is 22.7 Å². The number of hydrogen-bond acceptors (Lipinski definition) is 2. The van der Waals surface area contributed by atoms with Crippen molar-refractivity contribution in [1.29, 1.82) is 0 Å². The first-order chi connectivity index (χ1) is 7.29. The van der Waals surface area contributed by atoms with E-state index in [0.717, 1.165) is 36.2 Å². The molecule has 0 aliphatic carbocycles. The summed E-state index contributed by atoms with van der Waals surface area (Å²) in [6.45, 7) is 3.79. The van der Waals surface area contributed by atoms with E-state index in [-0.39, 0.29) is 0 Å². The lowest BCUT2D eigenvalue weighted by atomic mass is 10.2. The van der Waals surface area contributed by atoms with Gasteiger partial charge in [-0.25, -0.2) is 0 Å². The van der Waals surface area contributed by atoms with E-state index < -0.39 is 0 Å². The third-order valence-electron chi connectivity index (χ3n) is 2.16. The summed E-state index contributed by atoms with van der Waals surface area (Å²) in [5, 5.41) is 3.14. The van der Waals surface area contributed by atoms with E-state index >= 15 is 0 Å². The molecule has 0 aliphatic rings. The molecule has 1 rings (SSSR count). The molecule has 1 aromatic rings. The Balaban J connectivity index is 2.72. The van der Waals surface area contributed by atoms with Gasteiger partial charge in [-0.15, -0.1) is 0 Å². The van der Waals surface area contributed by atoms with Gasteiger partial charge in [0.2, 0.25) is 0 Å². The SMILES string of the molecule is CCCCOc1c(Br)cccc1CNC. The molecule has 3 heteroatoms. The minimum absolute atomic E-state index is 0.788. The second kappa shape index (κ2) is 6.85. The van der Waals surface area contributed by atoms with Gasteiger partial charge in [0, 0.05) is 12.1 Å². The fourth-order valence-corrected chi connectivity index (χ4v) is 1.89. The molecule has 1 aromatic carbocycles. The minimum atomic E-state index is 0.788. The Bertz CT molecular complexity index is 302. The van der Waals surface area contributed by atoms with Crippen LogP contribution in [0, 0.1) is 0 Å². The van der Waals surface area contributed by atoms with Gasteiger partial charge < -0.3 is 10.1 Å². The van der Waals surface area contributed by atoms with Crippen LogP contribution in [0.5, 0.6) is 5.75 Å². The molecular weight excluding hydrogens is 254 g/mol. The highest BCUT2D eigenvalue weighted by atomic mass is 79.9. The minimum Gasteiger partial charge on any atom is -0.492 e. The number of benzene rings is 1. The van der Waals surface area contributed by atoms with E-state index in [9.17, 15) is 0 Å². The number of hydrogen-bond donors (Lipinski definition) is 1. The highest BCUT2D eigenvalue weighted by Crippen LogP contribution is 2.29. The molecule has 0 saturated heterocycles. The van der Waals surface area contributed by atoms with Crippen LogP contribution >= 0.6 is 15.9 Å². The summed E-state index contributed by atoms with van der Waals surface area (Å²) in [6.07, 6.45) is 2.26. The van der Waals surface area contributed by atoms with Gasteiger partial charge in [0.1, 0.15) is 5.75 Å². The predicted octanol–water partition coefficient (Wildman–Crippen LogP) is 3.35. The van der Waals surface area contributed by atoms with Crippen LogP contribution in [-0.2, 0) is 6.54 Å². The highest BCUT2D eigenvalue weighted by molar-refractivity contribution is 9.10. The molecule has 0 bridgehead atoms. The highest BCUT2D eigenvalue weighted by Gasteiger charge is 2.06. The summed E-state index contributed by atoms with van der Waals surface area (Å²) in [5.41, 5.74) is 1.20. The van der Waals surface area contributed by atoms with Crippen molar-refractivity contribution in [2.24, 2.45) is 0 Å². The van der Waals surface area contributed by atoms with Gasteiger partial charge in [-0.3, -0.25) is 0 Å². The average Bonchev–Trinajstić information content (AvgIpc) is 2.23. The first-order valence-corrected chi connectivity index (χ1v) is 6.13. The van der Waals surface area contributed by atoms with Crippen LogP contribution in [0.3, 0.4) is 0 Å². The molecule has 1 N–H and O–H groups in total. The first kappa shape index (κ1) is 12.5. The average molecular weight is 272 g/mol. The van der Waals surface area contributed by atoms with Gasteiger partial charge >= 0.3 is 0 Å². The Labute approximate surface area is 100 Å². The Morgan fingerprint density at radius 1 is 1.40 bits per heavy atom. The van der Waals surface area contributed by atoms with Crippen molar-refractivity contribution in [3.05, 3.63) is 28.2 Å². The molecule has 15 heavy (non-hydrogen) atoms. The van der Waals surface area contributed by atoms with Crippen molar-refractivity contribution in [2.45, 2.75) is 26.3 Å². The maximum Gasteiger partial charge on any atom is 0.137 e. The zero-order valence-electron chi connectivity index (χ0n) is 9.35. The molecule has 0 spiro atoms. The van der Waals surface area contributed by atoms with Gasteiger partial charge in [0.15, 0.2) is 0 Å². The van der Waals surface area contributed by atoms with Crippen molar-refractivity contribution < 1.29 is 4.74 Å². The summed E-state index contributed by atoms with van der Waals surface area (Å²) >= 11 is 3.52. The predicted molar refractivity (Wildman–Crippen MR) is 67.3 cm³/mol. The van der Waals surface area contributed by atoms with E-state index in [2.05, 4.69) is 34.2 Å². The number of ether oxygens (including phenoxy) is 1. The maximum absolute atomic E-state index is 5.77. The van der Waals surface area contributed by atoms with Crippen molar-refractivity contribution in [3.63, 3.8) is 0 Å². The normalized spacial score (nSPS) is 10.3. The van der Waals surface area contributed by atoms with Crippen LogP contribution in [0.2, 0.25) is 0 Å². The lowest BCUT2D eigenvalue weighted by Gasteiger charge is -2.12. The molecule has 0 heterocycles. The lowest BCUT2D eigenvalue weighted by molar-refractivity contribution is 0.304. The summed E-state index contributed by atoms with van der Waals surface area (Å²) in [5.74, 6) is 0.973. The number of rotatable bonds is 6. The van der Waals surface area contributed by atoms with Crippen LogP contribution in [0.1, 0.15) is 25.3 Å². The van der Waals surface area contributed by atoms with Crippen LogP contribution in [-0.4, -0.2) is 13.7 Å². The van der Waals surface area contributed by atoms with Crippen molar-refractivity contribution in [1.82, 2.24) is 5.32 Å². The topological polar surface area (TPSA) is 21.3 Å². The molecule has 0 amide bonds. The van der Waals surface area contributed by atoms with Gasteiger partial charge in [-0.2, -0.15) is 0 Å². The second-order valence-corrected chi connectivity index (χ2v) is 4.31. The summed E-state index contributed by atoms with van der Waals surface area (Å²) in [4.78, 5) is 0. The van der Waals surface area contributed by atoms with E-state index in [1.807, 2.05) is 19.2 Å². The zero-order valence-corrected chi connectivity index (χ0v) is 10.9. The molecule has 2 nitrogen and oxygen atoms in total. The molecule has 0 atom stereocenters. The quantitative estimate of drug-likeness (QED) is 0.802. The summed E-state index contributed by atoms with van der Waals surface area (Å²) in [6, 6.07) is 6.13. The van der Waals surface area contributed by atoms with Crippen LogP contribution in [0.4, 0.5) is 0 Å². The molecule has 84 valence electrons. The number of halogens is 1. The third-order valence-corrected chi connectivity index (χ3v) is 2.78. The molecule has 0 unspecified atom stereocenters. The largest absolute Gasteiger partial charge is 0.492 e. The Hall–Kier alpha value is -0.540. The van der Waals surface area contributed by atoms with Crippen molar-refractivity contribution >= 4 is 15.9 Å². The first-order valence-electron chi connectivity index (χ1n) is 5.34. The van der Waals surface area contributed by atoms with Crippen LogP contribution in [0.25, 0.3) is 0 Å². The van der Waals surface area contributed by atoms with Crippen molar-refractivity contribution in [2.75, 3.05) is 13.7 Å². The van der Waals surface area contributed by atoms with Crippen molar-refractivity contribution in [3.8, 4) is 5.75 Å². The van der Waals surface area contributed by atoms with E-state index in [0.29, 0.717) is 0 Å². The zero-order chi connectivity index (χ0) is 11.1. The van der Waals surface area contributed by atoms with Gasteiger partial charge in [-0.05, 0) is 35.5 Å². The van der Waals surface area contributed by atoms with E-state index in [1.54, 1.807) is 0 Å². The second-order valence-electron chi connectivity index (χ2n) is 3.46. The lowest BCUT2D eigenvalue weighted by Crippen LogP contribution is -2.08. The van der Waals surface area contributed by atoms with Crippen LogP contribution < -0.4 is 10.1 Å². The standard InChI is InChI=1S/C12H18BrNO/c1-3-4-8-15-12-10(9-14-2)6-5-7-11(12)13/h5-7,14H,3-4,8-9H2,1-2H3. The Morgan fingerprint density at radius 3 is 2.87 bits per heavy atom. The molecule has 0 aromatic heterocycles. The van der Waals surface area contributed by atoms with Gasteiger partial charge in [-0.1, -0.05) is 25.5 Å². The van der Waals surface area contributed by atoms with Gasteiger partial charge in [0.05, 0.1) is 11.1 Å². The summed E-state index contributed by atoms with van der Waals surface area (Å²) in [7, 11) is 1.94. The third kappa shape index (κ3) is 3.84. The fourth-order valence-electron chi connectivity index (χ4n) is 1.36. The maximum atomic E-state index is 5.77. The fraction of sp³-hybridized carbons (Fsp3) is 0.500. The number of para-hydroxylation sites is 1. The molecule has 0 radical (unpaired) electrons. The monoisotopic (exact) mass is 271 g/mol. The molecule has 0 aliphatic heterocycles. The van der Waals surface area contributed by atoms with E-state index in [1.165, 1.54) is 5.56 Å². The van der Waals surface area contributed by atoms with Gasteiger partial charge in [0.25, 0.3) is 0 Å². The smallest absolute Gasteiger partial charge is 0.137 e. The molecule has 0 fully saturated rings. The Kier molecular flexibility index (Phi) is 5.73. The Morgan fingerprint density at radius 2 is 2.20 bits per heavy atom. The van der Waals surface area contributed by atoms with E-state index in [4.69, 9.17) is 4.74 Å².